The second-order valence-electron chi connectivity index (χ2n) is 6.94. The molecule has 4 N–H and O–H groups in total. The van der Waals surface area contributed by atoms with Crippen LogP contribution in [-0.4, -0.2) is 32.6 Å². The van der Waals surface area contributed by atoms with E-state index in [0.717, 1.165) is 22.8 Å². The molecule has 152 valence electrons. The van der Waals surface area contributed by atoms with Crippen molar-refractivity contribution in [2.24, 2.45) is 0 Å². The maximum atomic E-state index is 12.5. The van der Waals surface area contributed by atoms with Crippen LogP contribution in [-0.2, 0) is 17.8 Å². The molecule has 3 aromatic rings. The first-order valence-electron chi connectivity index (χ1n) is 9.53. The highest BCUT2D eigenvalue weighted by Gasteiger charge is 2.28. The molecule has 0 aliphatic rings. The maximum Gasteiger partial charge on any atom is 0.341 e. The van der Waals surface area contributed by atoms with Crippen LogP contribution in [0.4, 0.5) is 5.00 Å². The van der Waals surface area contributed by atoms with Crippen molar-refractivity contribution in [1.82, 2.24) is 5.32 Å². The summed E-state index contributed by atoms with van der Waals surface area (Å²) >= 11 is 1.13. The van der Waals surface area contributed by atoms with Gasteiger partial charge >= 0.3 is 5.97 Å². The van der Waals surface area contributed by atoms with Crippen molar-refractivity contribution in [3.05, 3.63) is 64.0 Å². The first kappa shape index (κ1) is 20.8. The van der Waals surface area contributed by atoms with Crippen molar-refractivity contribution >= 4 is 39.0 Å². The molecule has 0 aliphatic carbocycles. The van der Waals surface area contributed by atoms with Crippen LogP contribution in [0.15, 0.2) is 42.5 Å². The highest BCUT2D eigenvalue weighted by atomic mass is 32.1. The van der Waals surface area contributed by atoms with Crippen LogP contribution in [0.3, 0.4) is 0 Å². The zero-order valence-corrected chi connectivity index (χ0v) is 17.7. The molecular formula is C22H26N3O3S+. The van der Waals surface area contributed by atoms with Gasteiger partial charge in [0.15, 0.2) is 0 Å². The molecule has 0 aliphatic heterocycles. The first-order chi connectivity index (χ1) is 13.9. The Morgan fingerprint density at radius 3 is 2.55 bits per heavy atom. The normalized spacial score (nSPS) is 12.0. The monoisotopic (exact) mass is 412 g/mol. The van der Waals surface area contributed by atoms with Gasteiger partial charge in [-0.1, -0.05) is 36.4 Å². The van der Waals surface area contributed by atoms with Crippen molar-refractivity contribution in [2.75, 3.05) is 26.4 Å². The minimum Gasteiger partial charge on any atom is -0.462 e. The maximum absolute atomic E-state index is 12.5. The minimum atomic E-state index is -0.482. The molecule has 3 rings (SSSR count). The molecule has 6 nitrogen and oxygen atoms in total. The van der Waals surface area contributed by atoms with Crippen LogP contribution in [0, 0.1) is 0 Å². The largest absolute Gasteiger partial charge is 0.462 e. The van der Waals surface area contributed by atoms with E-state index in [1.54, 1.807) is 14.0 Å². The molecule has 0 spiro atoms. The number of esters is 1. The average Bonchev–Trinajstić information content (AvgIpc) is 3.03. The molecule has 0 bridgehead atoms. The molecule has 0 radical (unpaired) electrons. The van der Waals surface area contributed by atoms with E-state index in [0.29, 0.717) is 27.5 Å². The number of nitrogens with one attached hydrogen (secondary N) is 2. The summed E-state index contributed by atoms with van der Waals surface area (Å²) in [5, 5.41) is 5.34. The number of hydrogen-bond donors (Lipinski definition) is 3. The number of fused-ring (bicyclic) bond motifs is 1. The summed E-state index contributed by atoms with van der Waals surface area (Å²) in [5.74, 6) is -0.726. The second kappa shape index (κ2) is 9.07. The summed E-state index contributed by atoms with van der Waals surface area (Å²) in [7, 11) is 3.60. The lowest BCUT2D eigenvalue weighted by molar-refractivity contribution is -0.907. The summed E-state index contributed by atoms with van der Waals surface area (Å²) < 4.78 is 5.17. The molecule has 29 heavy (non-hydrogen) atoms. The molecule has 0 fully saturated rings. The quantitative estimate of drug-likeness (QED) is 0.520. The Morgan fingerprint density at radius 2 is 1.86 bits per heavy atom. The Bertz CT molecular complexity index is 1040. The van der Waals surface area contributed by atoms with Crippen LogP contribution in [0.25, 0.3) is 10.8 Å². The summed E-state index contributed by atoms with van der Waals surface area (Å²) in [4.78, 5) is 26.4. The third kappa shape index (κ3) is 4.58. The second-order valence-corrected chi connectivity index (χ2v) is 7.99. The summed E-state index contributed by atoms with van der Waals surface area (Å²) in [6.07, 6.45) is 0. The van der Waals surface area contributed by atoms with Crippen LogP contribution in [0.1, 0.15) is 38.1 Å². The van der Waals surface area contributed by atoms with Gasteiger partial charge in [0.2, 0.25) is 0 Å². The van der Waals surface area contributed by atoms with Gasteiger partial charge in [0, 0.05) is 18.2 Å². The van der Waals surface area contributed by atoms with E-state index in [-0.39, 0.29) is 12.5 Å². The van der Waals surface area contributed by atoms with E-state index in [1.165, 1.54) is 16.3 Å². The molecule has 1 unspecified atom stereocenters. The van der Waals surface area contributed by atoms with Crippen molar-refractivity contribution in [3.63, 3.8) is 0 Å². The van der Waals surface area contributed by atoms with Crippen molar-refractivity contribution in [3.8, 4) is 0 Å². The van der Waals surface area contributed by atoms with Crippen LogP contribution in [0.2, 0.25) is 0 Å². The Labute approximate surface area is 174 Å². The van der Waals surface area contributed by atoms with Gasteiger partial charge in [0.1, 0.15) is 28.5 Å². The fourth-order valence-corrected chi connectivity index (χ4v) is 4.46. The summed E-state index contributed by atoms with van der Waals surface area (Å²) in [6.45, 7) is 3.23. The number of nitrogens with two attached hydrogens (primary N) is 1. The Morgan fingerprint density at radius 1 is 1.14 bits per heavy atom. The number of nitrogen functional groups attached to an aromatic ring is 1. The lowest BCUT2D eigenvalue weighted by Crippen LogP contribution is -3.06. The van der Waals surface area contributed by atoms with Crippen molar-refractivity contribution < 1.29 is 19.2 Å². The number of hydrogen-bond acceptors (Lipinski definition) is 5. The third-order valence-electron chi connectivity index (χ3n) is 4.75. The van der Waals surface area contributed by atoms with Gasteiger partial charge in [-0.2, -0.15) is 0 Å². The topological polar surface area (TPSA) is 85.9 Å². The number of carbonyl (C=O) groups is 2. The SMILES string of the molecule is CCOC(=O)c1c(N)sc(C(=O)NC)c1C[NH+](C)Cc1ccc2ccccc2c1. The predicted molar refractivity (Wildman–Crippen MR) is 116 cm³/mol. The van der Waals surface area contributed by atoms with Gasteiger partial charge < -0.3 is 20.7 Å². The first-order valence-corrected chi connectivity index (χ1v) is 10.4. The van der Waals surface area contributed by atoms with E-state index < -0.39 is 5.97 Å². The fraction of sp³-hybridized carbons (Fsp3) is 0.273. The highest BCUT2D eigenvalue weighted by molar-refractivity contribution is 7.18. The summed E-state index contributed by atoms with van der Waals surface area (Å²) in [6, 6.07) is 14.6. The number of ether oxygens (including phenoxy) is 1. The number of benzene rings is 2. The summed E-state index contributed by atoms with van der Waals surface area (Å²) in [5.41, 5.74) is 8.22. The predicted octanol–water partition coefficient (Wildman–Crippen LogP) is 2.23. The van der Waals surface area contributed by atoms with Gasteiger partial charge in [0.25, 0.3) is 5.91 Å². The standard InChI is InChI=1S/C22H25N3O3S/c1-4-28-22(27)18-17(19(21(26)24-2)29-20(18)23)13-25(3)12-14-9-10-15-7-5-6-8-16(15)11-14/h5-11H,4,12-13,23H2,1-3H3,(H,24,26)/p+1. The van der Waals surface area contributed by atoms with Gasteiger partial charge in [-0.3, -0.25) is 4.79 Å². The number of carbonyl (C=O) groups excluding carboxylic acids is 2. The van der Waals surface area contributed by atoms with Crippen LogP contribution < -0.4 is 16.0 Å². The van der Waals surface area contributed by atoms with Crippen molar-refractivity contribution in [1.29, 1.82) is 0 Å². The molecule has 7 heteroatoms. The van der Waals surface area contributed by atoms with E-state index in [2.05, 4.69) is 35.6 Å². The lowest BCUT2D eigenvalue weighted by atomic mass is 10.1. The average molecular weight is 413 g/mol. The molecule has 2 aromatic carbocycles. The van der Waals surface area contributed by atoms with E-state index in [9.17, 15) is 9.59 Å². The van der Waals surface area contributed by atoms with Crippen LogP contribution >= 0.6 is 11.3 Å². The van der Waals surface area contributed by atoms with E-state index in [4.69, 9.17) is 10.5 Å². The van der Waals surface area contributed by atoms with Crippen molar-refractivity contribution in [2.45, 2.75) is 20.0 Å². The third-order valence-corrected chi connectivity index (χ3v) is 5.81. The number of thiophene rings is 1. The Kier molecular flexibility index (Phi) is 6.51. The van der Waals surface area contributed by atoms with Gasteiger partial charge in [0.05, 0.1) is 13.7 Å². The number of rotatable bonds is 7. The Hall–Kier alpha value is -2.90. The zero-order valence-electron chi connectivity index (χ0n) is 16.9. The molecule has 1 aromatic heterocycles. The van der Waals surface area contributed by atoms with Gasteiger partial charge in [-0.25, -0.2) is 4.79 Å². The molecule has 1 amide bonds. The van der Waals surface area contributed by atoms with E-state index >= 15 is 0 Å². The molecular weight excluding hydrogens is 386 g/mol. The Balaban J connectivity index is 1.88. The number of anilines is 1. The molecule has 0 saturated carbocycles. The zero-order chi connectivity index (χ0) is 21.0. The van der Waals surface area contributed by atoms with Crippen LogP contribution in [0.5, 0.6) is 0 Å². The fourth-order valence-electron chi connectivity index (χ4n) is 3.44. The molecule has 0 saturated heterocycles. The molecule has 1 atom stereocenters. The van der Waals surface area contributed by atoms with Gasteiger partial charge in [-0.15, -0.1) is 11.3 Å². The smallest absolute Gasteiger partial charge is 0.341 e. The number of quaternary nitrogens is 1. The lowest BCUT2D eigenvalue weighted by Gasteiger charge is -2.16. The number of amides is 1. The molecule has 1 heterocycles. The minimum absolute atomic E-state index is 0.245. The highest BCUT2D eigenvalue weighted by Crippen LogP contribution is 2.31. The van der Waals surface area contributed by atoms with E-state index in [1.807, 2.05) is 19.2 Å². The van der Waals surface area contributed by atoms with Gasteiger partial charge in [-0.05, 0) is 23.8 Å².